The zero-order chi connectivity index (χ0) is 30.9. The van der Waals surface area contributed by atoms with E-state index in [1.165, 1.54) is 77.0 Å². The van der Waals surface area contributed by atoms with Crippen LogP contribution in [0.25, 0.3) is 0 Å². The summed E-state index contributed by atoms with van der Waals surface area (Å²) >= 11 is -3.34. The topological polar surface area (TPSA) is 52.6 Å². The predicted octanol–water partition coefficient (Wildman–Crippen LogP) is 11.5. The summed E-state index contributed by atoms with van der Waals surface area (Å²) in [5, 5.41) is 0. The van der Waals surface area contributed by atoms with E-state index in [-0.39, 0.29) is 32.0 Å². The third-order valence-electron chi connectivity index (χ3n) is 9.66. The average molecular weight is 688 g/mol. The van der Waals surface area contributed by atoms with E-state index < -0.39 is 18.4 Å². The molecule has 0 bridgehead atoms. The zero-order valence-electron chi connectivity index (χ0n) is 29.0. The second kappa shape index (κ2) is 26.2. The molecular weight excluding hydrogens is 615 g/mol. The Balaban J connectivity index is 6.02. The Morgan fingerprint density at radius 3 is 1.12 bits per heavy atom. The molecular formula is C36H72O4Sn. The van der Waals surface area contributed by atoms with Crippen LogP contribution >= 0.6 is 0 Å². The van der Waals surface area contributed by atoms with E-state index in [1.54, 1.807) is 0 Å². The molecule has 41 heavy (non-hydrogen) atoms. The summed E-state index contributed by atoms with van der Waals surface area (Å²) in [5.74, 6) is -0.0386. The zero-order valence-corrected chi connectivity index (χ0v) is 31.9. The first-order chi connectivity index (χ1) is 19.8. The van der Waals surface area contributed by atoms with E-state index in [2.05, 4.69) is 55.4 Å². The number of carbonyl (C=O) groups is 2. The maximum absolute atomic E-state index is 13.5. The molecule has 0 aliphatic carbocycles. The number of carbonyl (C=O) groups excluding carboxylic acids is 2. The summed E-state index contributed by atoms with van der Waals surface area (Å²) < 4.78 is 15.1. The fourth-order valence-corrected chi connectivity index (χ4v) is 20.8. The summed E-state index contributed by atoms with van der Waals surface area (Å²) in [6.07, 6.45) is 22.9. The fraction of sp³-hybridized carbons (Fsp3) is 0.944. The van der Waals surface area contributed by atoms with Crippen LogP contribution in [0.4, 0.5) is 0 Å². The van der Waals surface area contributed by atoms with Gasteiger partial charge in [-0.05, 0) is 0 Å². The summed E-state index contributed by atoms with van der Waals surface area (Å²) in [5.41, 5.74) is 0. The Bertz CT molecular complexity index is 583. The van der Waals surface area contributed by atoms with Gasteiger partial charge in [-0.25, -0.2) is 0 Å². The Morgan fingerprint density at radius 1 is 0.488 bits per heavy atom. The molecule has 4 nitrogen and oxygen atoms in total. The number of hydrogen-bond donors (Lipinski definition) is 0. The second-order valence-corrected chi connectivity index (χ2v) is 27.5. The van der Waals surface area contributed by atoms with E-state index in [0.29, 0.717) is 0 Å². The number of ether oxygens (including phenoxy) is 2. The van der Waals surface area contributed by atoms with E-state index >= 15 is 0 Å². The summed E-state index contributed by atoms with van der Waals surface area (Å²) in [6, 6.07) is 0. The van der Waals surface area contributed by atoms with Gasteiger partial charge in [0.05, 0.1) is 0 Å². The van der Waals surface area contributed by atoms with Gasteiger partial charge in [-0.1, -0.05) is 0 Å². The average Bonchev–Trinajstić information content (AvgIpc) is 2.96. The quantitative estimate of drug-likeness (QED) is 0.0467. The molecule has 0 saturated carbocycles. The van der Waals surface area contributed by atoms with Crippen LogP contribution in [-0.2, 0) is 19.1 Å². The van der Waals surface area contributed by atoms with Gasteiger partial charge in [0, 0.05) is 0 Å². The summed E-state index contributed by atoms with van der Waals surface area (Å²) in [6.45, 7) is 17.5. The predicted molar refractivity (Wildman–Crippen MR) is 180 cm³/mol. The van der Waals surface area contributed by atoms with Crippen molar-refractivity contribution < 1.29 is 19.1 Å². The van der Waals surface area contributed by atoms with E-state index in [0.717, 1.165) is 60.2 Å². The van der Waals surface area contributed by atoms with E-state index in [4.69, 9.17) is 9.47 Å². The van der Waals surface area contributed by atoms with Gasteiger partial charge in [0.15, 0.2) is 0 Å². The first-order valence-corrected chi connectivity index (χ1v) is 25.5. The molecule has 0 amide bonds. The Labute approximate surface area is 261 Å². The van der Waals surface area contributed by atoms with Crippen LogP contribution in [0.5, 0.6) is 0 Å². The van der Waals surface area contributed by atoms with Gasteiger partial charge in [-0.3, -0.25) is 0 Å². The normalized spacial score (nSPS) is 14.8. The van der Waals surface area contributed by atoms with Crippen molar-refractivity contribution in [3.05, 3.63) is 0 Å². The molecule has 4 unspecified atom stereocenters. The number of esters is 2. The number of unbranched alkanes of at least 4 members (excludes halogenated alkanes) is 12. The third kappa shape index (κ3) is 17.0. The molecule has 0 spiro atoms. The first-order valence-electron chi connectivity index (χ1n) is 18.2. The molecule has 0 heterocycles. The van der Waals surface area contributed by atoms with Gasteiger partial charge in [0.25, 0.3) is 0 Å². The van der Waals surface area contributed by atoms with Gasteiger partial charge < -0.3 is 0 Å². The minimum atomic E-state index is -3.34. The fourth-order valence-electron chi connectivity index (χ4n) is 6.39. The molecule has 0 N–H and O–H groups in total. The Morgan fingerprint density at radius 2 is 0.805 bits per heavy atom. The molecule has 4 atom stereocenters. The Kier molecular flexibility index (Phi) is 26.0. The molecule has 0 rings (SSSR count). The van der Waals surface area contributed by atoms with Crippen molar-refractivity contribution in [2.24, 2.45) is 11.8 Å². The Hall–Kier alpha value is -0.261. The van der Waals surface area contributed by atoms with Crippen molar-refractivity contribution in [1.29, 1.82) is 0 Å². The summed E-state index contributed by atoms with van der Waals surface area (Å²) in [7, 11) is 0. The van der Waals surface area contributed by atoms with Crippen molar-refractivity contribution in [2.45, 2.75) is 201 Å². The van der Waals surface area contributed by atoms with Crippen molar-refractivity contribution in [3.8, 4) is 0 Å². The molecule has 0 aliphatic rings. The molecule has 244 valence electrons. The van der Waals surface area contributed by atoms with Crippen molar-refractivity contribution in [1.82, 2.24) is 0 Å². The van der Waals surface area contributed by atoms with E-state index in [1.807, 2.05) is 0 Å². The van der Waals surface area contributed by atoms with Gasteiger partial charge >= 0.3 is 262 Å². The SMILES string of the molecule is CCCCCCC[CH2][Sn]([CH2]CCCCCCC)([CH](C)OC(=O)C(CC)CCCC)[CH](C)OC(=O)C(CC)CCCC. The van der Waals surface area contributed by atoms with Crippen LogP contribution in [0.3, 0.4) is 0 Å². The molecule has 0 aromatic carbocycles. The van der Waals surface area contributed by atoms with Crippen molar-refractivity contribution >= 4 is 30.3 Å². The molecule has 0 aromatic rings. The van der Waals surface area contributed by atoms with Gasteiger partial charge in [0.1, 0.15) is 0 Å². The molecule has 0 saturated heterocycles. The molecule has 0 radical (unpaired) electrons. The van der Waals surface area contributed by atoms with Gasteiger partial charge in [-0.15, -0.1) is 0 Å². The molecule has 5 heteroatoms. The maximum atomic E-state index is 13.5. The van der Waals surface area contributed by atoms with Gasteiger partial charge in [-0.2, -0.15) is 0 Å². The monoisotopic (exact) mass is 688 g/mol. The van der Waals surface area contributed by atoms with Crippen LogP contribution in [0.2, 0.25) is 8.87 Å². The van der Waals surface area contributed by atoms with E-state index in [9.17, 15) is 9.59 Å². The van der Waals surface area contributed by atoms with Crippen LogP contribution in [0, 0.1) is 11.8 Å². The van der Waals surface area contributed by atoms with Gasteiger partial charge in [0.2, 0.25) is 0 Å². The molecule has 0 fully saturated rings. The van der Waals surface area contributed by atoms with Crippen LogP contribution in [-0.4, -0.2) is 38.6 Å². The first kappa shape index (κ1) is 40.7. The standard InChI is InChI=1S/2C10H19O2.2C8H17.Sn/c2*1-4-7-8-9(5-2)10(11)12-6-3;2*1-3-5-7-8-6-4-2;/h2*6,9H,4-5,7-8H2,1-3H3;2*1,3-8H2,2H3;. The molecule has 0 aromatic heterocycles. The minimum absolute atomic E-state index is 0.00618. The summed E-state index contributed by atoms with van der Waals surface area (Å²) in [4.78, 5) is 26.9. The number of hydrogen-bond acceptors (Lipinski definition) is 4. The van der Waals surface area contributed by atoms with Crippen LogP contribution in [0.15, 0.2) is 0 Å². The van der Waals surface area contributed by atoms with Crippen molar-refractivity contribution in [2.75, 3.05) is 0 Å². The van der Waals surface area contributed by atoms with Crippen LogP contribution < -0.4 is 0 Å². The second-order valence-electron chi connectivity index (χ2n) is 12.9. The molecule has 0 aliphatic heterocycles. The van der Waals surface area contributed by atoms with Crippen molar-refractivity contribution in [3.63, 3.8) is 0 Å². The number of rotatable bonds is 28. The van der Waals surface area contributed by atoms with Crippen LogP contribution in [0.1, 0.15) is 184 Å². The third-order valence-corrected chi connectivity index (χ3v) is 26.9.